The molecule has 0 aliphatic carbocycles. The van der Waals surface area contributed by atoms with Crippen molar-refractivity contribution in [3.63, 3.8) is 0 Å². The first-order chi connectivity index (χ1) is 15.0. The third-order valence-electron chi connectivity index (χ3n) is 5.04. The van der Waals surface area contributed by atoms with Gasteiger partial charge in [0, 0.05) is 18.2 Å². The summed E-state index contributed by atoms with van der Waals surface area (Å²) in [5.74, 6) is 0.514. The average Bonchev–Trinajstić information content (AvgIpc) is 3.29. The first kappa shape index (κ1) is 20.3. The molecule has 0 radical (unpaired) electrons. The van der Waals surface area contributed by atoms with Crippen LogP contribution in [0.15, 0.2) is 60.8 Å². The predicted octanol–water partition coefficient (Wildman–Crippen LogP) is 3.48. The minimum atomic E-state index is -0.285. The van der Waals surface area contributed by atoms with Crippen molar-refractivity contribution in [2.75, 3.05) is 0 Å². The molecule has 2 aromatic carbocycles. The number of hydrogen-bond donors (Lipinski definition) is 1. The third kappa shape index (κ3) is 4.48. The number of benzene rings is 2. The van der Waals surface area contributed by atoms with Gasteiger partial charge in [-0.3, -0.25) is 4.79 Å². The lowest BCUT2D eigenvalue weighted by Gasteiger charge is -2.15. The zero-order valence-corrected chi connectivity index (χ0v) is 17.6. The molecule has 0 spiro atoms. The normalized spacial score (nSPS) is 11.8. The van der Waals surface area contributed by atoms with E-state index in [2.05, 4.69) is 31.0 Å². The predicted molar refractivity (Wildman–Crippen MR) is 117 cm³/mol. The minimum absolute atomic E-state index is 0.209. The highest BCUT2D eigenvalue weighted by molar-refractivity contribution is 5.96. The van der Waals surface area contributed by atoms with Gasteiger partial charge < -0.3 is 5.32 Å². The standard InChI is InChI=1S/C23H23N7O/c1-4-22-27-28-29-30(22)20-13-18(17-9-7-15(2)8-10-17)12-19(14-20)23(31)25-16(3)21-6-5-11-24-26-21/h5-14,16H,4H2,1-3H3,(H,25,31). The first-order valence-corrected chi connectivity index (χ1v) is 10.1. The number of carbonyl (C=O) groups excluding carboxylic acids is 1. The maximum atomic E-state index is 13.1. The smallest absolute Gasteiger partial charge is 0.251 e. The quantitative estimate of drug-likeness (QED) is 0.520. The molecule has 1 atom stereocenters. The average molecular weight is 413 g/mol. The Morgan fingerprint density at radius 1 is 1.06 bits per heavy atom. The van der Waals surface area contributed by atoms with Crippen LogP contribution in [0.2, 0.25) is 0 Å². The van der Waals surface area contributed by atoms with Gasteiger partial charge in [-0.25, -0.2) is 0 Å². The van der Waals surface area contributed by atoms with E-state index in [1.165, 1.54) is 5.56 Å². The van der Waals surface area contributed by atoms with Gasteiger partial charge in [0.1, 0.15) is 0 Å². The molecule has 0 saturated heterocycles. The van der Waals surface area contributed by atoms with E-state index in [9.17, 15) is 4.79 Å². The molecule has 0 bridgehead atoms. The van der Waals surface area contributed by atoms with Crippen LogP contribution in [0, 0.1) is 6.92 Å². The second kappa shape index (κ2) is 8.83. The van der Waals surface area contributed by atoms with Crippen LogP contribution in [0.5, 0.6) is 0 Å². The van der Waals surface area contributed by atoms with Crippen molar-refractivity contribution < 1.29 is 4.79 Å². The van der Waals surface area contributed by atoms with Crippen molar-refractivity contribution in [2.45, 2.75) is 33.2 Å². The largest absolute Gasteiger partial charge is 0.344 e. The van der Waals surface area contributed by atoms with E-state index >= 15 is 0 Å². The molecular formula is C23H23N7O. The van der Waals surface area contributed by atoms with Gasteiger partial charge in [0.05, 0.1) is 17.4 Å². The fourth-order valence-corrected chi connectivity index (χ4v) is 3.30. The Balaban J connectivity index is 1.74. The van der Waals surface area contributed by atoms with Gasteiger partial charge in [0.15, 0.2) is 5.82 Å². The molecule has 8 heteroatoms. The van der Waals surface area contributed by atoms with Gasteiger partial charge in [0.25, 0.3) is 5.91 Å². The zero-order chi connectivity index (χ0) is 21.8. The Kier molecular flexibility index (Phi) is 5.79. The Morgan fingerprint density at radius 2 is 1.87 bits per heavy atom. The Morgan fingerprint density at radius 3 is 2.58 bits per heavy atom. The van der Waals surface area contributed by atoms with Crippen LogP contribution < -0.4 is 5.32 Å². The molecule has 1 unspecified atom stereocenters. The molecule has 31 heavy (non-hydrogen) atoms. The van der Waals surface area contributed by atoms with Crippen LogP contribution in [0.3, 0.4) is 0 Å². The maximum absolute atomic E-state index is 13.1. The van der Waals surface area contributed by atoms with Gasteiger partial charge in [0.2, 0.25) is 0 Å². The van der Waals surface area contributed by atoms with Crippen molar-refractivity contribution in [1.29, 1.82) is 0 Å². The second-order valence-electron chi connectivity index (χ2n) is 7.34. The number of rotatable bonds is 6. The first-order valence-electron chi connectivity index (χ1n) is 10.1. The number of tetrazole rings is 1. The minimum Gasteiger partial charge on any atom is -0.344 e. The van der Waals surface area contributed by atoms with E-state index < -0.39 is 0 Å². The van der Waals surface area contributed by atoms with Crippen LogP contribution in [0.25, 0.3) is 16.8 Å². The van der Waals surface area contributed by atoms with Gasteiger partial charge in [-0.2, -0.15) is 14.9 Å². The van der Waals surface area contributed by atoms with E-state index in [0.717, 1.165) is 22.6 Å². The summed E-state index contributed by atoms with van der Waals surface area (Å²) in [6, 6.07) is 17.2. The van der Waals surface area contributed by atoms with E-state index in [1.807, 2.05) is 63.2 Å². The molecule has 0 saturated carbocycles. The lowest BCUT2D eigenvalue weighted by Crippen LogP contribution is -2.27. The van der Waals surface area contributed by atoms with Crippen LogP contribution in [0.1, 0.15) is 47.3 Å². The van der Waals surface area contributed by atoms with E-state index in [-0.39, 0.29) is 11.9 Å². The number of aromatic nitrogens is 6. The number of nitrogens with zero attached hydrogens (tertiary/aromatic N) is 6. The van der Waals surface area contributed by atoms with Gasteiger partial charge in [-0.1, -0.05) is 36.8 Å². The molecule has 2 aromatic heterocycles. The molecule has 0 fully saturated rings. The lowest BCUT2D eigenvalue weighted by atomic mass is 10.0. The summed E-state index contributed by atoms with van der Waals surface area (Å²) < 4.78 is 1.67. The summed E-state index contributed by atoms with van der Waals surface area (Å²) in [5, 5.41) is 23.0. The summed E-state index contributed by atoms with van der Waals surface area (Å²) in [4.78, 5) is 13.1. The number of aryl methyl sites for hydroxylation is 2. The maximum Gasteiger partial charge on any atom is 0.251 e. The summed E-state index contributed by atoms with van der Waals surface area (Å²) >= 11 is 0. The molecule has 0 aliphatic rings. The number of carbonyl (C=O) groups is 1. The van der Waals surface area contributed by atoms with Gasteiger partial charge >= 0.3 is 0 Å². The summed E-state index contributed by atoms with van der Waals surface area (Å²) in [5.41, 5.74) is 5.03. The number of hydrogen-bond acceptors (Lipinski definition) is 6. The van der Waals surface area contributed by atoms with Crippen molar-refractivity contribution in [1.82, 2.24) is 35.7 Å². The summed E-state index contributed by atoms with van der Waals surface area (Å²) in [6.45, 7) is 5.91. The van der Waals surface area contributed by atoms with Gasteiger partial charge in [-0.05, 0) is 65.7 Å². The highest BCUT2D eigenvalue weighted by Crippen LogP contribution is 2.25. The molecular weight excluding hydrogens is 390 g/mol. The fraction of sp³-hybridized carbons (Fsp3) is 0.217. The molecule has 1 amide bonds. The molecule has 0 aliphatic heterocycles. The van der Waals surface area contributed by atoms with E-state index in [1.54, 1.807) is 23.0 Å². The molecule has 4 rings (SSSR count). The Bertz CT molecular complexity index is 1190. The highest BCUT2D eigenvalue weighted by atomic mass is 16.1. The molecule has 4 aromatic rings. The molecule has 1 N–H and O–H groups in total. The van der Waals surface area contributed by atoms with Crippen LogP contribution in [-0.2, 0) is 6.42 Å². The van der Waals surface area contributed by atoms with E-state index in [0.29, 0.717) is 17.7 Å². The second-order valence-corrected chi connectivity index (χ2v) is 7.34. The molecule has 156 valence electrons. The van der Waals surface area contributed by atoms with Crippen LogP contribution in [0.4, 0.5) is 0 Å². The van der Waals surface area contributed by atoms with Crippen molar-refractivity contribution >= 4 is 5.91 Å². The van der Waals surface area contributed by atoms with Crippen molar-refractivity contribution in [3.05, 3.63) is 83.4 Å². The fourth-order valence-electron chi connectivity index (χ4n) is 3.30. The lowest BCUT2D eigenvalue weighted by molar-refractivity contribution is 0.0939. The topological polar surface area (TPSA) is 98.5 Å². The monoisotopic (exact) mass is 413 g/mol. The van der Waals surface area contributed by atoms with Crippen LogP contribution >= 0.6 is 0 Å². The van der Waals surface area contributed by atoms with Crippen molar-refractivity contribution in [3.8, 4) is 16.8 Å². The number of amides is 1. The van der Waals surface area contributed by atoms with Gasteiger partial charge in [-0.15, -0.1) is 5.10 Å². The molecule has 2 heterocycles. The Labute approximate surface area is 180 Å². The van der Waals surface area contributed by atoms with E-state index in [4.69, 9.17) is 0 Å². The van der Waals surface area contributed by atoms with Crippen LogP contribution in [-0.4, -0.2) is 36.3 Å². The number of nitrogens with one attached hydrogen (secondary N) is 1. The zero-order valence-electron chi connectivity index (χ0n) is 17.6. The molecule has 8 nitrogen and oxygen atoms in total. The highest BCUT2D eigenvalue weighted by Gasteiger charge is 2.17. The summed E-state index contributed by atoms with van der Waals surface area (Å²) in [6.07, 6.45) is 2.28. The SMILES string of the molecule is CCc1nnnn1-c1cc(C(=O)NC(C)c2cccnn2)cc(-c2ccc(C)cc2)c1. The third-order valence-corrected chi connectivity index (χ3v) is 5.04. The summed E-state index contributed by atoms with van der Waals surface area (Å²) in [7, 11) is 0. The van der Waals surface area contributed by atoms with Crippen molar-refractivity contribution in [2.24, 2.45) is 0 Å². The Hall–Kier alpha value is -3.94.